The summed E-state index contributed by atoms with van der Waals surface area (Å²) in [5.41, 5.74) is 3.68. The quantitative estimate of drug-likeness (QED) is 0.736. The van der Waals surface area contributed by atoms with Crippen LogP contribution in [0.15, 0.2) is 48.5 Å². The molecule has 2 aliphatic heterocycles. The normalized spacial score (nSPS) is 22.4. The Balaban J connectivity index is 1.55. The monoisotopic (exact) mass is 296 g/mol. The van der Waals surface area contributed by atoms with Gasteiger partial charge in [0.15, 0.2) is 0 Å². The van der Waals surface area contributed by atoms with Gasteiger partial charge in [-0.05, 0) is 16.7 Å². The molecule has 2 unspecified atom stereocenters. The average molecular weight is 296 g/mol. The van der Waals surface area contributed by atoms with E-state index >= 15 is 0 Å². The first-order valence-corrected chi connectivity index (χ1v) is 7.89. The van der Waals surface area contributed by atoms with E-state index in [9.17, 15) is 0 Å². The summed E-state index contributed by atoms with van der Waals surface area (Å²) in [6.07, 6.45) is 2.60. The fourth-order valence-corrected chi connectivity index (χ4v) is 2.74. The maximum absolute atomic E-state index is 6.20. The molecule has 0 aromatic heterocycles. The molecule has 2 aromatic rings. The van der Waals surface area contributed by atoms with E-state index in [-0.39, 0.29) is 0 Å². The van der Waals surface area contributed by atoms with Crippen molar-refractivity contribution in [2.45, 2.75) is 31.7 Å². The van der Waals surface area contributed by atoms with Gasteiger partial charge in [-0.25, -0.2) is 0 Å². The van der Waals surface area contributed by atoms with Crippen molar-refractivity contribution < 1.29 is 14.2 Å². The minimum absolute atomic E-state index is 0.367. The fourth-order valence-electron chi connectivity index (χ4n) is 2.74. The lowest BCUT2D eigenvalue weighted by Gasteiger charge is -2.15. The topological polar surface area (TPSA) is 34.3 Å². The Hall–Kier alpha value is -1.84. The molecule has 0 N–H and O–H groups in total. The van der Waals surface area contributed by atoms with Crippen molar-refractivity contribution >= 4 is 0 Å². The molecule has 22 heavy (non-hydrogen) atoms. The molecule has 0 saturated carbocycles. The largest absolute Gasteiger partial charge is 0.488 e. The molecule has 2 aliphatic rings. The summed E-state index contributed by atoms with van der Waals surface area (Å²) in [5, 5.41) is 0. The maximum atomic E-state index is 6.20. The zero-order chi connectivity index (χ0) is 14.8. The highest BCUT2D eigenvalue weighted by Gasteiger charge is 2.28. The molecule has 3 heteroatoms. The summed E-state index contributed by atoms with van der Waals surface area (Å²) < 4.78 is 17.0. The van der Waals surface area contributed by atoms with Crippen LogP contribution < -0.4 is 4.74 Å². The van der Waals surface area contributed by atoms with Gasteiger partial charge in [-0.3, -0.25) is 0 Å². The Kier molecular flexibility index (Phi) is 3.83. The molecule has 2 atom stereocenters. The molecule has 0 amide bonds. The van der Waals surface area contributed by atoms with Crippen LogP contribution in [-0.4, -0.2) is 25.4 Å². The Morgan fingerprint density at radius 1 is 0.818 bits per heavy atom. The number of hydrogen-bond acceptors (Lipinski definition) is 3. The number of epoxide rings is 2. The van der Waals surface area contributed by atoms with Crippen molar-refractivity contribution in [3.8, 4) is 5.75 Å². The fraction of sp³-hybridized carbons (Fsp3) is 0.368. The molecule has 2 heterocycles. The van der Waals surface area contributed by atoms with Crippen molar-refractivity contribution in [1.29, 1.82) is 0 Å². The van der Waals surface area contributed by atoms with Crippen LogP contribution in [0.1, 0.15) is 16.7 Å². The lowest BCUT2D eigenvalue weighted by atomic mass is 10.0. The van der Waals surface area contributed by atoms with Crippen LogP contribution in [0.5, 0.6) is 5.75 Å². The lowest BCUT2D eigenvalue weighted by Crippen LogP contribution is -2.06. The minimum Gasteiger partial charge on any atom is -0.488 e. The Labute approximate surface area is 130 Å². The smallest absolute Gasteiger partial charge is 0.126 e. The van der Waals surface area contributed by atoms with Gasteiger partial charge in [0.2, 0.25) is 0 Å². The van der Waals surface area contributed by atoms with Crippen LogP contribution >= 0.6 is 0 Å². The van der Waals surface area contributed by atoms with Crippen LogP contribution in [0.3, 0.4) is 0 Å². The Morgan fingerprint density at radius 3 is 1.95 bits per heavy atom. The van der Waals surface area contributed by atoms with Gasteiger partial charge >= 0.3 is 0 Å². The van der Waals surface area contributed by atoms with E-state index in [0.717, 1.165) is 31.8 Å². The summed E-state index contributed by atoms with van der Waals surface area (Å²) in [6, 6.07) is 16.7. The molecule has 0 aliphatic carbocycles. The number of ether oxygens (including phenoxy) is 3. The van der Waals surface area contributed by atoms with E-state index in [1.54, 1.807) is 0 Å². The molecular weight excluding hydrogens is 276 g/mol. The summed E-state index contributed by atoms with van der Waals surface area (Å²) in [7, 11) is 0. The highest BCUT2D eigenvalue weighted by Crippen LogP contribution is 2.31. The van der Waals surface area contributed by atoms with Gasteiger partial charge in [0.25, 0.3) is 0 Å². The molecule has 4 rings (SSSR count). The molecule has 114 valence electrons. The second-order valence-corrected chi connectivity index (χ2v) is 6.00. The van der Waals surface area contributed by atoms with Gasteiger partial charge in [0, 0.05) is 12.8 Å². The first-order chi connectivity index (χ1) is 10.9. The number of rotatable bonds is 7. The van der Waals surface area contributed by atoms with Crippen LogP contribution in [0.2, 0.25) is 0 Å². The van der Waals surface area contributed by atoms with Crippen molar-refractivity contribution in [2.75, 3.05) is 13.2 Å². The number of para-hydroxylation sites is 1. The standard InChI is InChI=1S/C19H20O3/c1-2-5-14(6-3-1)11-22-19-15(9-17-12-20-17)7-4-8-16(19)10-18-13-21-18/h1-8,17-18H,9-13H2. The van der Waals surface area contributed by atoms with Crippen molar-refractivity contribution in [2.24, 2.45) is 0 Å². The van der Waals surface area contributed by atoms with Crippen LogP contribution in [0.4, 0.5) is 0 Å². The van der Waals surface area contributed by atoms with Gasteiger partial charge in [0.05, 0.1) is 25.4 Å². The minimum atomic E-state index is 0.367. The number of hydrogen-bond donors (Lipinski definition) is 0. The van der Waals surface area contributed by atoms with Crippen molar-refractivity contribution in [3.63, 3.8) is 0 Å². The number of benzene rings is 2. The highest BCUT2D eigenvalue weighted by molar-refractivity contribution is 5.43. The van der Waals surface area contributed by atoms with Gasteiger partial charge in [-0.2, -0.15) is 0 Å². The molecule has 2 aromatic carbocycles. The van der Waals surface area contributed by atoms with E-state index in [1.165, 1.54) is 16.7 Å². The van der Waals surface area contributed by atoms with Crippen LogP contribution in [-0.2, 0) is 28.9 Å². The predicted octanol–water partition coefficient (Wildman–Crippen LogP) is 3.15. The summed E-state index contributed by atoms with van der Waals surface area (Å²) >= 11 is 0. The second kappa shape index (κ2) is 6.11. The zero-order valence-electron chi connectivity index (χ0n) is 12.5. The van der Waals surface area contributed by atoms with Crippen molar-refractivity contribution in [1.82, 2.24) is 0 Å². The first-order valence-electron chi connectivity index (χ1n) is 7.89. The Bertz CT molecular complexity index is 598. The maximum Gasteiger partial charge on any atom is 0.126 e. The van der Waals surface area contributed by atoms with E-state index in [2.05, 4.69) is 30.3 Å². The first kappa shape index (κ1) is 13.8. The van der Waals surface area contributed by atoms with Crippen molar-refractivity contribution in [3.05, 3.63) is 65.2 Å². The van der Waals surface area contributed by atoms with Crippen LogP contribution in [0, 0.1) is 0 Å². The van der Waals surface area contributed by atoms with Gasteiger partial charge < -0.3 is 14.2 Å². The van der Waals surface area contributed by atoms with Gasteiger partial charge in [-0.1, -0.05) is 48.5 Å². The third-order valence-corrected chi connectivity index (χ3v) is 4.10. The summed E-state index contributed by atoms with van der Waals surface area (Å²) in [5.74, 6) is 1.03. The van der Waals surface area contributed by atoms with E-state index < -0.39 is 0 Å². The van der Waals surface area contributed by atoms with E-state index in [0.29, 0.717) is 18.8 Å². The molecular formula is C19H20O3. The zero-order valence-corrected chi connectivity index (χ0v) is 12.5. The lowest BCUT2D eigenvalue weighted by molar-refractivity contribution is 0.296. The Morgan fingerprint density at radius 2 is 1.41 bits per heavy atom. The average Bonchev–Trinajstić information content (AvgIpc) is 3.44. The molecule has 3 nitrogen and oxygen atoms in total. The predicted molar refractivity (Wildman–Crippen MR) is 84.1 cm³/mol. The van der Waals surface area contributed by atoms with E-state index in [1.807, 2.05) is 18.2 Å². The third-order valence-electron chi connectivity index (χ3n) is 4.10. The van der Waals surface area contributed by atoms with E-state index in [4.69, 9.17) is 14.2 Å². The summed E-state index contributed by atoms with van der Waals surface area (Å²) in [4.78, 5) is 0. The van der Waals surface area contributed by atoms with Crippen LogP contribution in [0.25, 0.3) is 0 Å². The molecule has 0 bridgehead atoms. The molecule has 2 saturated heterocycles. The van der Waals surface area contributed by atoms with Gasteiger partial charge in [0.1, 0.15) is 12.4 Å². The van der Waals surface area contributed by atoms with Gasteiger partial charge in [-0.15, -0.1) is 0 Å². The third kappa shape index (κ3) is 3.49. The SMILES string of the molecule is c1ccc(COc2c(CC3CO3)cccc2CC2CO2)cc1. The molecule has 0 radical (unpaired) electrons. The molecule has 2 fully saturated rings. The molecule has 0 spiro atoms. The second-order valence-electron chi connectivity index (χ2n) is 6.00. The summed E-state index contributed by atoms with van der Waals surface area (Å²) in [6.45, 7) is 2.34. The highest BCUT2D eigenvalue weighted by atomic mass is 16.6.